The van der Waals surface area contributed by atoms with Gasteiger partial charge in [0.15, 0.2) is 0 Å². The number of benzene rings is 3. The Morgan fingerprint density at radius 1 is 0.760 bits per heavy atom. The van der Waals surface area contributed by atoms with Gasteiger partial charge in [-0.05, 0) is 30.0 Å². The summed E-state index contributed by atoms with van der Waals surface area (Å²) in [6.45, 7) is 5.11. The Morgan fingerprint density at radius 2 is 1.28 bits per heavy atom. The molecule has 0 nitrogen and oxygen atoms in total. The minimum absolute atomic E-state index is 0.330. The van der Waals surface area contributed by atoms with Crippen LogP contribution in [0.3, 0.4) is 0 Å². The van der Waals surface area contributed by atoms with Gasteiger partial charge in [0.2, 0.25) is 0 Å². The molecule has 1 aliphatic rings. The van der Waals surface area contributed by atoms with Crippen LogP contribution in [0.15, 0.2) is 95.9 Å². The van der Waals surface area contributed by atoms with Gasteiger partial charge in [-0.2, -0.15) is 0 Å². The molecule has 0 aliphatic heterocycles. The van der Waals surface area contributed by atoms with Crippen LogP contribution in [-0.2, 0) is 0 Å². The summed E-state index contributed by atoms with van der Waals surface area (Å²) in [5, 5.41) is 1.57. The van der Waals surface area contributed by atoms with Crippen molar-refractivity contribution in [2.75, 3.05) is 0 Å². The van der Waals surface area contributed by atoms with Gasteiger partial charge in [0.1, 0.15) is 0 Å². The average molecular weight is 361 g/mol. The van der Waals surface area contributed by atoms with Gasteiger partial charge >= 0.3 is 0 Å². The SMILES string of the molecule is C[Si](C)(c1ccccc1)[C@@]1(Sc2ccccc2)C[C@@H]1c1ccccc1. The standard InChI is InChI=1S/C23H24SSi/c1-25(2,21-16-10-5-11-17-21)23(24-20-14-8-4-9-15-20)18-22(23)19-12-6-3-7-13-19/h3-17,22H,18H2,1-2H3/t22-,23+/m1/s1. The lowest BCUT2D eigenvalue weighted by Crippen LogP contribution is -2.53. The fraction of sp³-hybridized carbons (Fsp3) is 0.217. The molecule has 0 unspecified atom stereocenters. The first-order valence-electron chi connectivity index (χ1n) is 8.98. The molecule has 0 radical (unpaired) electrons. The first-order chi connectivity index (χ1) is 12.1. The highest BCUT2D eigenvalue weighted by atomic mass is 32.2. The van der Waals surface area contributed by atoms with Gasteiger partial charge in [-0.25, -0.2) is 0 Å². The van der Waals surface area contributed by atoms with Crippen molar-refractivity contribution < 1.29 is 0 Å². The normalized spacial score (nSPS) is 22.6. The van der Waals surface area contributed by atoms with Crippen LogP contribution < -0.4 is 5.19 Å². The van der Waals surface area contributed by atoms with Gasteiger partial charge in [-0.15, -0.1) is 11.8 Å². The quantitative estimate of drug-likeness (QED) is 0.514. The lowest BCUT2D eigenvalue weighted by Gasteiger charge is -2.34. The van der Waals surface area contributed by atoms with E-state index in [9.17, 15) is 0 Å². The second kappa shape index (κ2) is 6.51. The van der Waals surface area contributed by atoms with E-state index in [4.69, 9.17) is 0 Å². The third-order valence-corrected chi connectivity index (χ3v) is 13.3. The summed E-state index contributed by atoms with van der Waals surface area (Å²) in [6, 6.07) is 33.3. The topological polar surface area (TPSA) is 0 Å². The molecule has 0 spiro atoms. The maximum absolute atomic E-state index is 2.56. The van der Waals surface area contributed by atoms with Crippen LogP contribution in [0.5, 0.6) is 0 Å². The molecule has 3 aromatic rings. The van der Waals surface area contributed by atoms with Gasteiger partial charge in [0.05, 0.1) is 8.07 Å². The van der Waals surface area contributed by atoms with Crippen molar-refractivity contribution in [3.63, 3.8) is 0 Å². The lowest BCUT2D eigenvalue weighted by atomic mass is 10.1. The minimum Gasteiger partial charge on any atom is -0.121 e. The van der Waals surface area contributed by atoms with Gasteiger partial charge in [-0.3, -0.25) is 0 Å². The fourth-order valence-electron chi connectivity index (χ4n) is 4.05. The van der Waals surface area contributed by atoms with E-state index in [1.54, 1.807) is 5.19 Å². The second-order valence-electron chi connectivity index (χ2n) is 7.46. The molecule has 2 atom stereocenters. The van der Waals surface area contributed by atoms with Gasteiger partial charge in [-0.1, -0.05) is 97.1 Å². The predicted molar refractivity (Wildman–Crippen MR) is 112 cm³/mol. The highest BCUT2D eigenvalue weighted by molar-refractivity contribution is 8.03. The molecule has 126 valence electrons. The molecule has 2 heteroatoms. The molecule has 0 saturated heterocycles. The van der Waals surface area contributed by atoms with Crippen LogP contribution in [0, 0.1) is 0 Å². The number of thioether (sulfide) groups is 1. The Morgan fingerprint density at radius 3 is 1.88 bits per heavy atom. The summed E-state index contributed by atoms with van der Waals surface area (Å²) < 4.78 is 0.330. The van der Waals surface area contributed by atoms with Crippen molar-refractivity contribution >= 4 is 25.0 Å². The van der Waals surface area contributed by atoms with Gasteiger partial charge in [0.25, 0.3) is 0 Å². The zero-order valence-electron chi connectivity index (χ0n) is 14.9. The van der Waals surface area contributed by atoms with E-state index in [2.05, 4.69) is 116 Å². The van der Waals surface area contributed by atoms with E-state index in [-0.39, 0.29) is 0 Å². The summed E-state index contributed by atoms with van der Waals surface area (Å²) in [6.07, 6.45) is 1.28. The molecule has 4 rings (SSSR count). The molecule has 0 aromatic heterocycles. The first kappa shape index (κ1) is 16.7. The van der Waals surface area contributed by atoms with Gasteiger partial charge < -0.3 is 0 Å². The van der Waals surface area contributed by atoms with Crippen LogP contribution >= 0.6 is 11.8 Å². The van der Waals surface area contributed by atoms with Crippen molar-refractivity contribution in [1.82, 2.24) is 0 Å². The highest BCUT2D eigenvalue weighted by Gasteiger charge is 2.65. The Balaban J connectivity index is 1.75. The highest BCUT2D eigenvalue weighted by Crippen LogP contribution is 2.66. The molecular weight excluding hydrogens is 336 g/mol. The van der Waals surface area contributed by atoms with Crippen LogP contribution in [0.25, 0.3) is 0 Å². The molecule has 0 bridgehead atoms. The third-order valence-electron chi connectivity index (χ3n) is 5.71. The summed E-state index contributed by atoms with van der Waals surface area (Å²) in [5.41, 5.74) is 1.50. The van der Waals surface area contributed by atoms with Crippen molar-refractivity contribution in [2.45, 2.75) is 34.7 Å². The second-order valence-corrected chi connectivity index (χ2v) is 13.9. The summed E-state index contributed by atoms with van der Waals surface area (Å²) in [5.74, 6) is 0.653. The predicted octanol–water partition coefficient (Wildman–Crippen LogP) is 5.86. The number of hydrogen-bond acceptors (Lipinski definition) is 1. The third kappa shape index (κ3) is 2.98. The Kier molecular flexibility index (Phi) is 4.34. The number of hydrogen-bond donors (Lipinski definition) is 0. The van der Waals surface area contributed by atoms with E-state index >= 15 is 0 Å². The van der Waals surface area contributed by atoms with E-state index < -0.39 is 8.07 Å². The minimum atomic E-state index is -1.66. The molecule has 0 amide bonds. The van der Waals surface area contributed by atoms with E-state index in [0.717, 1.165) is 0 Å². The van der Waals surface area contributed by atoms with Crippen molar-refractivity contribution in [3.8, 4) is 0 Å². The average Bonchev–Trinajstić information content (AvgIpc) is 3.40. The molecule has 3 aromatic carbocycles. The summed E-state index contributed by atoms with van der Waals surface area (Å²) in [4.78, 5) is 1.40. The Labute approximate surface area is 156 Å². The molecule has 25 heavy (non-hydrogen) atoms. The van der Waals surface area contributed by atoms with Crippen LogP contribution in [0.2, 0.25) is 13.1 Å². The molecule has 1 aliphatic carbocycles. The summed E-state index contributed by atoms with van der Waals surface area (Å²) >= 11 is 2.12. The van der Waals surface area contributed by atoms with Gasteiger partial charge in [0, 0.05) is 9.27 Å². The zero-order chi connectivity index (χ0) is 17.3. The zero-order valence-corrected chi connectivity index (χ0v) is 16.7. The van der Waals surface area contributed by atoms with Crippen LogP contribution in [0.1, 0.15) is 17.9 Å². The molecular formula is C23H24SSi. The maximum atomic E-state index is 2.56. The number of rotatable bonds is 5. The Hall–Kier alpha value is -1.77. The van der Waals surface area contributed by atoms with Crippen molar-refractivity contribution in [3.05, 3.63) is 96.6 Å². The van der Waals surface area contributed by atoms with Crippen molar-refractivity contribution in [2.24, 2.45) is 0 Å². The largest absolute Gasteiger partial charge is 0.121 e. The van der Waals surface area contributed by atoms with E-state index in [1.807, 2.05) is 0 Å². The molecule has 1 fully saturated rings. The fourth-order valence-corrected chi connectivity index (χ4v) is 10.3. The van der Waals surface area contributed by atoms with E-state index in [1.165, 1.54) is 16.9 Å². The lowest BCUT2D eigenvalue weighted by molar-refractivity contribution is 1.09. The molecule has 1 saturated carbocycles. The molecule has 0 heterocycles. The smallest absolute Gasteiger partial charge is 0.0988 e. The van der Waals surface area contributed by atoms with Crippen LogP contribution in [0.4, 0.5) is 0 Å². The monoisotopic (exact) mass is 360 g/mol. The van der Waals surface area contributed by atoms with Crippen LogP contribution in [-0.4, -0.2) is 12.4 Å². The first-order valence-corrected chi connectivity index (χ1v) is 12.8. The van der Waals surface area contributed by atoms with Crippen molar-refractivity contribution in [1.29, 1.82) is 0 Å². The Bertz CT molecular complexity index is 830. The summed E-state index contributed by atoms with van der Waals surface area (Å²) in [7, 11) is -1.66. The molecule has 0 N–H and O–H groups in total. The maximum Gasteiger partial charge on any atom is 0.0988 e. The van der Waals surface area contributed by atoms with E-state index in [0.29, 0.717) is 10.3 Å².